The number of hydrazine groups is 1. The number of hydrogen-bond donors (Lipinski definition) is 2. The molecule has 0 spiro atoms. The van der Waals surface area contributed by atoms with Gasteiger partial charge in [-0.15, -0.1) is 0 Å². The highest BCUT2D eigenvalue weighted by Crippen LogP contribution is 2.27. The maximum Gasteiger partial charge on any atom is 0.0908 e. The number of nitrogens with two attached hydrogens (primary N) is 1. The molecule has 19 heavy (non-hydrogen) atoms. The fraction of sp³-hybridized carbons (Fsp3) is 0.385. The van der Waals surface area contributed by atoms with Crippen LogP contribution in [-0.2, 0) is 6.54 Å². The van der Waals surface area contributed by atoms with Gasteiger partial charge in [0, 0.05) is 18.4 Å². The average Bonchev–Trinajstić information content (AvgIpc) is 2.76. The number of rotatable bonds is 5. The van der Waals surface area contributed by atoms with Gasteiger partial charge in [-0.25, -0.2) is 5.43 Å². The highest BCUT2D eigenvalue weighted by molar-refractivity contribution is 6.31. The molecule has 0 saturated heterocycles. The van der Waals surface area contributed by atoms with E-state index in [0.717, 1.165) is 29.9 Å². The van der Waals surface area contributed by atoms with Gasteiger partial charge < -0.3 is 0 Å². The fourth-order valence-electron chi connectivity index (χ4n) is 2.03. The van der Waals surface area contributed by atoms with Crippen LogP contribution >= 0.6 is 11.6 Å². The molecular weight excluding hydrogens is 262 g/mol. The van der Waals surface area contributed by atoms with Gasteiger partial charge in [0.2, 0.25) is 0 Å². The van der Waals surface area contributed by atoms with Crippen LogP contribution in [0.5, 0.6) is 0 Å². The summed E-state index contributed by atoms with van der Waals surface area (Å²) in [4.78, 5) is 4.29. The summed E-state index contributed by atoms with van der Waals surface area (Å²) in [5.41, 5.74) is 5.60. The molecule has 3 N–H and O–H groups in total. The molecule has 0 aliphatic carbocycles. The predicted octanol–water partition coefficient (Wildman–Crippen LogP) is 2.20. The van der Waals surface area contributed by atoms with E-state index in [2.05, 4.69) is 22.4 Å². The van der Waals surface area contributed by atoms with E-state index in [1.54, 1.807) is 12.4 Å². The van der Waals surface area contributed by atoms with Gasteiger partial charge in [0.25, 0.3) is 0 Å². The summed E-state index contributed by atoms with van der Waals surface area (Å²) >= 11 is 6.24. The molecule has 1 unspecified atom stereocenters. The minimum atomic E-state index is -0.213. The molecule has 0 fully saturated rings. The number of nitrogens with zero attached hydrogens (tertiary/aromatic N) is 3. The monoisotopic (exact) mass is 279 g/mol. The number of aryl methyl sites for hydroxylation is 2. The Balaban J connectivity index is 2.41. The van der Waals surface area contributed by atoms with Crippen molar-refractivity contribution in [3.63, 3.8) is 0 Å². The van der Waals surface area contributed by atoms with Crippen molar-refractivity contribution >= 4 is 11.6 Å². The van der Waals surface area contributed by atoms with Gasteiger partial charge in [-0.1, -0.05) is 24.6 Å². The van der Waals surface area contributed by atoms with Gasteiger partial charge in [0.15, 0.2) is 0 Å². The third-order valence-electron chi connectivity index (χ3n) is 2.98. The average molecular weight is 280 g/mol. The Hall–Kier alpha value is -1.43. The van der Waals surface area contributed by atoms with Gasteiger partial charge in [-0.05, 0) is 25.0 Å². The van der Waals surface area contributed by atoms with Crippen LogP contribution in [0.1, 0.15) is 36.3 Å². The van der Waals surface area contributed by atoms with Gasteiger partial charge in [-0.2, -0.15) is 5.10 Å². The Morgan fingerprint density at radius 3 is 2.79 bits per heavy atom. The summed E-state index contributed by atoms with van der Waals surface area (Å²) in [6, 6.07) is 3.73. The minimum Gasteiger partial charge on any atom is -0.271 e. The summed E-state index contributed by atoms with van der Waals surface area (Å²) in [6.45, 7) is 4.85. The first-order valence-electron chi connectivity index (χ1n) is 6.27. The zero-order chi connectivity index (χ0) is 13.8. The zero-order valence-corrected chi connectivity index (χ0v) is 11.9. The third-order valence-corrected chi connectivity index (χ3v) is 3.27. The van der Waals surface area contributed by atoms with Crippen molar-refractivity contribution in [3.8, 4) is 0 Å². The normalized spacial score (nSPS) is 12.6. The van der Waals surface area contributed by atoms with Crippen molar-refractivity contribution < 1.29 is 0 Å². The highest BCUT2D eigenvalue weighted by atomic mass is 35.5. The van der Waals surface area contributed by atoms with Gasteiger partial charge in [0.1, 0.15) is 0 Å². The second kappa shape index (κ2) is 6.14. The molecule has 102 valence electrons. The number of aromatic nitrogens is 3. The van der Waals surface area contributed by atoms with Gasteiger partial charge in [0.05, 0.1) is 23.0 Å². The molecule has 0 saturated carbocycles. The van der Waals surface area contributed by atoms with E-state index >= 15 is 0 Å². The second-order valence-electron chi connectivity index (χ2n) is 4.43. The Morgan fingerprint density at radius 1 is 1.42 bits per heavy atom. The lowest BCUT2D eigenvalue weighted by Gasteiger charge is -2.18. The first-order chi connectivity index (χ1) is 9.17. The summed E-state index contributed by atoms with van der Waals surface area (Å²) in [7, 11) is 0. The van der Waals surface area contributed by atoms with E-state index in [0.29, 0.717) is 5.02 Å². The van der Waals surface area contributed by atoms with Crippen molar-refractivity contribution in [2.45, 2.75) is 32.9 Å². The summed E-state index contributed by atoms with van der Waals surface area (Å²) < 4.78 is 1.88. The maximum atomic E-state index is 6.24. The van der Waals surface area contributed by atoms with Crippen molar-refractivity contribution in [3.05, 3.63) is 46.5 Å². The topological polar surface area (TPSA) is 68.8 Å². The van der Waals surface area contributed by atoms with Gasteiger partial charge >= 0.3 is 0 Å². The minimum absolute atomic E-state index is 0.213. The van der Waals surface area contributed by atoms with Crippen molar-refractivity contribution in [2.24, 2.45) is 5.84 Å². The molecule has 2 aromatic rings. The molecule has 1 atom stereocenters. The number of pyridine rings is 1. The third kappa shape index (κ3) is 2.94. The lowest BCUT2D eigenvalue weighted by molar-refractivity contribution is 0.520. The number of halogens is 1. The molecule has 0 aromatic carbocycles. The van der Waals surface area contributed by atoms with E-state index in [4.69, 9.17) is 17.4 Å². The van der Waals surface area contributed by atoms with Crippen molar-refractivity contribution in [1.29, 1.82) is 0 Å². The SMILES string of the molecule is CCCn1ncc(Cl)c1C(NN)c1ccc(C)nc1. The summed E-state index contributed by atoms with van der Waals surface area (Å²) in [6.07, 6.45) is 4.44. The molecule has 2 rings (SSSR count). The number of hydrogen-bond acceptors (Lipinski definition) is 4. The lowest BCUT2D eigenvalue weighted by Crippen LogP contribution is -2.31. The summed E-state index contributed by atoms with van der Waals surface area (Å²) in [5, 5.41) is 4.89. The Bertz CT molecular complexity index is 534. The van der Waals surface area contributed by atoms with E-state index in [1.807, 2.05) is 23.7 Å². The molecule has 2 aromatic heterocycles. The lowest BCUT2D eigenvalue weighted by atomic mass is 10.1. The van der Waals surface area contributed by atoms with Crippen molar-refractivity contribution in [2.75, 3.05) is 0 Å². The van der Waals surface area contributed by atoms with Crippen LogP contribution in [0.3, 0.4) is 0 Å². The molecule has 0 amide bonds. The fourth-order valence-corrected chi connectivity index (χ4v) is 2.28. The molecule has 0 bridgehead atoms. The van der Waals surface area contributed by atoms with E-state index < -0.39 is 0 Å². The smallest absolute Gasteiger partial charge is 0.0908 e. The molecular formula is C13H18ClN5. The molecule has 2 heterocycles. The first kappa shape index (κ1) is 14.0. The van der Waals surface area contributed by atoms with Crippen LogP contribution in [0, 0.1) is 6.92 Å². The summed E-state index contributed by atoms with van der Waals surface area (Å²) in [5.74, 6) is 5.69. The molecule has 6 heteroatoms. The van der Waals surface area contributed by atoms with Crippen LogP contribution in [0.25, 0.3) is 0 Å². The van der Waals surface area contributed by atoms with Crippen LogP contribution in [0.2, 0.25) is 5.02 Å². The Labute approximate surface area is 117 Å². The molecule has 0 aliphatic rings. The first-order valence-corrected chi connectivity index (χ1v) is 6.65. The van der Waals surface area contributed by atoms with Gasteiger partial charge in [-0.3, -0.25) is 15.5 Å². The van der Waals surface area contributed by atoms with Crippen LogP contribution < -0.4 is 11.3 Å². The largest absolute Gasteiger partial charge is 0.271 e. The second-order valence-corrected chi connectivity index (χ2v) is 4.84. The van der Waals surface area contributed by atoms with Crippen LogP contribution in [0.4, 0.5) is 0 Å². The standard InChI is InChI=1S/C13H18ClN5/c1-3-6-19-13(11(14)8-17-19)12(18-15)10-5-4-9(2)16-7-10/h4-5,7-8,12,18H,3,6,15H2,1-2H3. The zero-order valence-electron chi connectivity index (χ0n) is 11.1. The molecule has 0 aliphatic heterocycles. The Morgan fingerprint density at radius 2 is 2.21 bits per heavy atom. The maximum absolute atomic E-state index is 6.24. The number of nitrogens with one attached hydrogen (secondary N) is 1. The molecule has 5 nitrogen and oxygen atoms in total. The Kier molecular flexibility index (Phi) is 4.52. The highest BCUT2D eigenvalue weighted by Gasteiger charge is 2.21. The van der Waals surface area contributed by atoms with E-state index in [9.17, 15) is 0 Å². The molecule has 0 radical (unpaired) electrons. The van der Waals surface area contributed by atoms with Crippen molar-refractivity contribution in [1.82, 2.24) is 20.2 Å². The van der Waals surface area contributed by atoms with Crippen LogP contribution in [0.15, 0.2) is 24.5 Å². The van der Waals surface area contributed by atoms with E-state index in [-0.39, 0.29) is 6.04 Å². The predicted molar refractivity (Wildman–Crippen MR) is 75.7 cm³/mol. The quantitative estimate of drug-likeness (QED) is 0.650. The van der Waals surface area contributed by atoms with E-state index in [1.165, 1.54) is 0 Å². The van der Waals surface area contributed by atoms with Crippen LogP contribution in [-0.4, -0.2) is 14.8 Å².